The van der Waals surface area contributed by atoms with Crippen molar-refractivity contribution in [2.24, 2.45) is 0 Å². The zero-order chi connectivity index (χ0) is 25.0. The lowest BCUT2D eigenvalue weighted by atomic mass is 9.94. The van der Waals surface area contributed by atoms with Gasteiger partial charge in [-0.25, -0.2) is 9.37 Å². The highest BCUT2D eigenvalue weighted by Crippen LogP contribution is 2.34. The SMILES string of the molecule is O=C(O)CC(CN1CC[C@@](F)(CCc2ccc3c(n2)NCCC3)C1)c1cccc(N2CCOCC2)c1. The van der Waals surface area contributed by atoms with Gasteiger partial charge in [-0.15, -0.1) is 0 Å². The minimum Gasteiger partial charge on any atom is -0.481 e. The van der Waals surface area contributed by atoms with Crippen molar-refractivity contribution in [3.05, 3.63) is 53.2 Å². The molecule has 7 nitrogen and oxygen atoms in total. The van der Waals surface area contributed by atoms with Crippen molar-refractivity contribution in [2.45, 2.75) is 50.1 Å². The molecule has 1 aromatic carbocycles. The van der Waals surface area contributed by atoms with Gasteiger partial charge in [0.15, 0.2) is 0 Å². The van der Waals surface area contributed by atoms with Gasteiger partial charge in [-0.05, 0) is 61.4 Å². The molecule has 2 atom stereocenters. The summed E-state index contributed by atoms with van der Waals surface area (Å²) in [5.41, 5.74) is 3.01. The summed E-state index contributed by atoms with van der Waals surface area (Å²) in [5.74, 6) is -0.0515. The van der Waals surface area contributed by atoms with Crippen LogP contribution in [0.5, 0.6) is 0 Å². The number of carboxylic acids is 1. The smallest absolute Gasteiger partial charge is 0.304 e. The first kappa shape index (κ1) is 25.0. The Morgan fingerprint density at radius 2 is 2.08 bits per heavy atom. The number of aromatic nitrogens is 1. The molecule has 1 unspecified atom stereocenters. The molecule has 194 valence electrons. The summed E-state index contributed by atoms with van der Waals surface area (Å²) in [5, 5.41) is 13.0. The number of fused-ring (bicyclic) bond motifs is 1. The van der Waals surface area contributed by atoms with Gasteiger partial charge in [-0.3, -0.25) is 9.69 Å². The maximum absolute atomic E-state index is 15.8. The van der Waals surface area contributed by atoms with Crippen LogP contribution in [0.4, 0.5) is 15.9 Å². The van der Waals surface area contributed by atoms with Gasteiger partial charge in [0.05, 0.1) is 19.6 Å². The van der Waals surface area contributed by atoms with Crippen LogP contribution in [-0.2, 0) is 22.4 Å². The van der Waals surface area contributed by atoms with E-state index in [-0.39, 0.29) is 12.3 Å². The lowest BCUT2D eigenvalue weighted by Gasteiger charge is -2.30. The Bertz CT molecular complexity index is 1060. The normalized spacial score (nSPS) is 23.2. The van der Waals surface area contributed by atoms with E-state index in [0.29, 0.717) is 52.1 Å². The van der Waals surface area contributed by atoms with E-state index in [1.54, 1.807) is 0 Å². The van der Waals surface area contributed by atoms with Crippen LogP contribution in [0.25, 0.3) is 0 Å². The van der Waals surface area contributed by atoms with Gasteiger partial charge in [0, 0.05) is 56.6 Å². The molecule has 3 aliphatic heterocycles. The zero-order valence-corrected chi connectivity index (χ0v) is 20.9. The molecule has 4 heterocycles. The molecule has 3 aliphatic rings. The van der Waals surface area contributed by atoms with Crippen LogP contribution in [0.3, 0.4) is 0 Å². The molecule has 0 saturated carbocycles. The van der Waals surface area contributed by atoms with Gasteiger partial charge in [0.25, 0.3) is 0 Å². The average Bonchev–Trinajstić information content (AvgIpc) is 3.28. The Kier molecular flexibility index (Phi) is 7.72. The van der Waals surface area contributed by atoms with E-state index in [2.05, 4.69) is 33.3 Å². The summed E-state index contributed by atoms with van der Waals surface area (Å²) < 4.78 is 21.3. The van der Waals surface area contributed by atoms with Crippen molar-refractivity contribution in [2.75, 3.05) is 62.7 Å². The first-order valence-corrected chi connectivity index (χ1v) is 13.3. The number of nitrogens with zero attached hydrogens (tertiary/aromatic N) is 3. The number of anilines is 2. The highest BCUT2D eigenvalue weighted by Gasteiger charge is 2.39. The monoisotopic (exact) mass is 496 g/mol. The number of carboxylic acid groups (broad SMARTS) is 1. The summed E-state index contributed by atoms with van der Waals surface area (Å²) in [4.78, 5) is 20.8. The average molecular weight is 497 g/mol. The van der Waals surface area contributed by atoms with E-state index in [0.717, 1.165) is 55.2 Å². The number of carbonyl (C=O) groups is 1. The van der Waals surface area contributed by atoms with E-state index in [9.17, 15) is 9.90 Å². The minimum atomic E-state index is -1.27. The van der Waals surface area contributed by atoms with Crippen molar-refractivity contribution in [3.8, 4) is 0 Å². The van der Waals surface area contributed by atoms with Gasteiger partial charge in [0.2, 0.25) is 0 Å². The van der Waals surface area contributed by atoms with Crippen molar-refractivity contribution in [1.29, 1.82) is 0 Å². The molecule has 2 aromatic rings. The van der Waals surface area contributed by atoms with E-state index >= 15 is 4.39 Å². The lowest BCUT2D eigenvalue weighted by Crippen LogP contribution is -2.36. The molecule has 2 N–H and O–H groups in total. The first-order valence-electron chi connectivity index (χ1n) is 13.3. The van der Waals surface area contributed by atoms with Gasteiger partial charge in [-0.1, -0.05) is 18.2 Å². The number of ether oxygens (including phenoxy) is 1. The number of alkyl halides is 1. The summed E-state index contributed by atoms with van der Waals surface area (Å²) in [6.07, 6.45) is 3.73. The molecule has 2 fully saturated rings. The number of hydrogen-bond acceptors (Lipinski definition) is 6. The van der Waals surface area contributed by atoms with Crippen LogP contribution in [0.15, 0.2) is 36.4 Å². The lowest BCUT2D eigenvalue weighted by molar-refractivity contribution is -0.137. The molecule has 2 saturated heterocycles. The Balaban J connectivity index is 1.21. The van der Waals surface area contributed by atoms with Crippen molar-refractivity contribution < 1.29 is 19.0 Å². The fraction of sp³-hybridized carbons (Fsp3) is 0.571. The maximum atomic E-state index is 15.8. The fourth-order valence-corrected chi connectivity index (χ4v) is 5.74. The van der Waals surface area contributed by atoms with Crippen LogP contribution >= 0.6 is 0 Å². The maximum Gasteiger partial charge on any atom is 0.304 e. The predicted molar refractivity (Wildman–Crippen MR) is 139 cm³/mol. The molecule has 5 rings (SSSR count). The molecular formula is C28H37FN4O3. The minimum absolute atomic E-state index is 0.0361. The Morgan fingerprint density at radius 1 is 1.22 bits per heavy atom. The van der Waals surface area contributed by atoms with Crippen LogP contribution in [0, 0.1) is 0 Å². The van der Waals surface area contributed by atoms with Crippen molar-refractivity contribution in [3.63, 3.8) is 0 Å². The molecule has 0 bridgehead atoms. The second-order valence-corrected chi connectivity index (χ2v) is 10.5. The number of pyridine rings is 1. The van der Waals surface area contributed by atoms with Gasteiger partial charge in [0.1, 0.15) is 11.5 Å². The van der Waals surface area contributed by atoms with E-state index in [1.807, 2.05) is 18.2 Å². The summed E-state index contributed by atoms with van der Waals surface area (Å²) in [7, 11) is 0. The number of aryl methyl sites for hydroxylation is 2. The summed E-state index contributed by atoms with van der Waals surface area (Å²) >= 11 is 0. The molecule has 0 aliphatic carbocycles. The van der Waals surface area contributed by atoms with Crippen LogP contribution < -0.4 is 10.2 Å². The first-order chi connectivity index (χ1) is 17.5. The Morgan fingerprint density at radius 3 is 2.92 bits per heavy atom. The number of aliphatic carboxylic acids is 1. The van der Waals surface area contributed by atoms with Crippen molar-refractivity contribution >= 4 is 17.5 Å². The van der Waals surface area contributed by atoms with Crippen LogP contribution in [-0.4, -0.2) is 79.1 Å². The molecular weight excluding hydrogens is 459 g/mol. The third-order valence-corrected chi connectivity index (χ3v) is 7.78. The van der Waals surface area contributed by atoms with E-state index < -0.39 is 11.6 Å². The largest absolute Gasteiger partial charge is 0.481 e. The molecule has 8 heteroatoms. The fourth-order valence-electron chi connectivity index (χ4n) is 5.74. The predicted octanol–water partition coefficient (Wildman–Crippen LogP) is 3.88. The van der Waals surface area contributed by atoms with E-state index in [4.69, 9.17) is 9.72 Å². The van der Waals surface area contributed by atoms with Crippen LogP contribution in [0.1, 0.15) is 48.4 Å². The molecule has 1 aromatic heterocycles. The zero-order valence-electron chi connectivity index (χ0n) is 20.9. The summed E-state index contributed by atoms with van der Waals surface area (Å²) in [6.45, 7) is 5.55. The third-order valence-electron chi connectivity index (χ3n) is 7.78. The molecule has 0 amide bonds. The highest BCUT2D eigenvalue weighted by molar-refractivity contribution is 5.68. The van der Waals surface area contributed by atoms with Crippen molar-refractivity contribution in [1.82, 2.24) is 9.88 Å². The number of hydrogen-bond donors (Lipinski definition) is 2. The Hall–Kier alpha value is -2.71. The molecule has 0 spiro atoms. The van der Waals surface area contributed by atoms with Gasteiger partial charge in [-0.2, -0.15) is 0 Å². The van der Waals surface area contributed by atoms with Gasteiger partial charge >= 0.3 is 5.97 Å². The summed E-state index contributed by atoms with van der Waals surface area (Å²) in [6, 6.07) is 12.3. The number of benzene rings is 1. The van der Waals surface area contributed by atoms with Crippen LogP contribution in [0.2, 0.25) is 0 Å². The number of morpholine rings is 1. The number of halogens is 1. The highest BCUT2D eigenvalue weighted by atomic mass is 19.1. The quantitative estimate of drug-likeness (QED) is 0.546. The standard InChI is InChI=1S/C28H37FN4O3/c29-28(9-8-24-7-6-21-4-2-11-30-27(21)31-24)10-12-32(20-28)19-23(18-26(34)35)22-3-1-5-25(17-22)33-13-15-36-16-14-33/h1,3,5-7,17,23H,2,4,8-16,18-20H2,(H,30,31)(H,34,35)/t23?,28-/m0/s1. The molecule has 36 heavy (non-hydrogen) atoms. The third kappa shape index (κ3) is 6.16. The second kappa shape index (κ2) is 11.1. The number of likely N-dealkylation sites (tertiary alicyclic amines) is 1. The number of nitrogens with one attached hydrogen (secondary N) is 1. The topological polar surface area (TPSA) is 77.9 Å². The van der Waals surface area contributed by atoms with E-state index in [1.165, 1.54) is 5.56 Å². The van der Waals surface area contributed by atoms with Gasteiger partial charge < -0.3 is 20.1 Å². The molecule has 0 radical (unpaired) electrons. The second-order valence-electron chi connectivity index (χ2n) is 10.5. The Labute approximate surface area is 212 Å². The number of rotatable bonds is 9.